The molecular formula is C47H53Cl2MgNO5P2S. The first kappa shape index (κ1) is 52.0. The summed E-state index contributed by atoms with van der Waals surface area (Å²) in [5.41, 5.74) is 7.70. The summed E-state index contributed by atoms with van der Waals surface area (Å²) in [5.74, 6) is 0.292. The van der Waals surface area contributed by atoms with Crippen LogP contribution >= 0.6 is 26.1 Å². The van der Waals surface area contributed by atoms with Crippen molar-refractivity contribution in [3.63, 3.8) is 0 Å². The average Bonchev–Trinajstić information content (AvgIpc) is 3.12. The average molecular weight is 901 g/mol. The molecule has 6 aromatic rings. The molecule has 0 saturated heterocycles. The van der Waals surface area contributed by atoms with E-state index < -0.39 is 30.6 Å². The van der Waals surface area contributed by atoms with Crippen LogP contribution in [0, 0.1) is 55.9 Å². The Bertz CT molecular complexity index is 2530. The third-order valence-electron chi connectivity index (χ3n) is 9.67. The Hall–Kier alpha value is -3.16. The van der Waals surface area contributed by atoms with Gasteiger partial charge in [-0.05, 0) is 127 Å². The molecule has 6 nitrogen and oxygen atoms in total. The maximum atomic E-state index is 14.9. The first-order valence-electron chi connectivity index (χ1n) is 18.4. The van der Waals surface area contributed by atoms with Crippen LogP contribution in [0.1, 0.15) is 57.5 Å². The van der Waals surface area contributed by atoms with Crippen molar-refractivity contribution in [1.82, 2.24) is 4.72 Å². The third-order valence-corrected chi connectivity index (χ3v) is 17.0. The third kappa shape index (κ3) is 12.2. The van der Waals surface area contributed by atoms with Crippen LogP contribution in [0.3, 0.4) is 0 Å². The molecule has 6 rings (SSSR count). The van der Waals surface area contributed by atoms with Crippen LogP contribution in [-0.4, -0.2) is 38.1 Å². The van der Waals surface area contributed by atoms with Gasteiger partial charge in [0.1, 0.15) is 12.9 Å². The summed E-state index contributed by atoms with van der Waals surface area (Å²) >= 11 is 6.34. The maximum Gasteiger partial charge on any atom is 2.00 e. The van der Waals surface area contributed by atoms with E-state index in [2.05, 4.69) is 37.6 Å². The molecule has 0 fully saturated rings. The summed E-state index contributed by atoms with van der Waals surface area (Å²) in [6.45, 7) is 17.5. The van der Waals surface area contributed by atoms with Crippen molar-refractivity contribution in [3.05, 3.63) is 184 Å². The molecule has 308 valence electrons. The Morgan fingerprint density at radius 1 is 0.610 bits per heavy atom. The van der Waals surface area contributed by atoms with Crippen molar-refractivity contribution in [2.45, 2.75) is 66.3 Å². The molecule has 59 heavy (non-hydrogen) atoms. The minimum atomic E-state index is -3.84. The Morgan fingerprint density at radius 3 is 1.53 bits per heavy atom. The second kappa shape index (κ2) is 21.6. The van der Waals surface area contributed by atoms with Gasteiger partial charge in [-0.25, -0.2) is 13.1 Å². The van der Waals surface area contributed by atoms with Crippen LogP contribution in [0.15, 0.2) is 132 Å². The molecule has 0 aliphatic rings. The van der Waals surface area contributed by atoms with Gasteiger partial charge in [-0.15, -0.1) is 0 Å². The first-order valence-corrected chi connectivity index (χ1v) is 24.0. The van der Waals surface area contributed by atoms with Gasteiger partial charge in [-0.1, -0.05) is 113 Å². The van der Waals surface area contributed by atoms with Crippen molar-refractivity contribution >= 4 is 80.4 Å². The number of nitrogens with one attached hydrogen (secondary N) is 1. The van der Waals surface area contributed by atoms with E-state index in [-0.39, 0.29) is 47.8 Å². The molecule has 0 aliphatic heterocycles. The molecule has 1 N–H and O–H groups in total. The standard InChI is InChI=1S/C30H31ClNO4PS.C16H19OP.CH3.ClH.Mg/c1-20-11-14-27(15-12-20)38(34,35)32-24(5)28-19-25(31)13-16-29(28)36-37(33,26-9-7-6-8-10-26)30-22(3)17-21(2)18-23(30)4;1-12-10-13(2)16(14(3)11-12)18(4,17)15-8-6-5-7-9-15;;;/h6-19,24,32H,1-5H3;5-11H,1-4H3;1H3;1H;/q;;-1;;+2/p-1/t24-,37-;18-;;;/m10.../s1. The Labute approximate surface area is 380 Å². The van der Waals surface area contributed by atoms with Crippen molar-refractivity contribution < 1.29 is 34.5 Å². The number of sulfonamides is 1. The van der Waals surface area contributed by atoms with E-state index in [1.165, 1.54) is 5.56 Å². The second-order valence-electron chi connectivity index (χ2n) is 14.6. The van der Waals surface area contributed by atoms with E-state index in [0.29, 0.717) is 26.9 Å². The van der Waals surface area contributed by atoms with E-state index in [0.717, 1.165) is 44.0 Å². The smallest absolute Gasteiger partial charge is 1.00 e. The molecule has 0 unspecified atom stereocenters. The number of rotatable bonds is 10. The zero-order valence-corrected chi connectivity index (χ0v) is 41.0. The van der Waals surface area contributed by atoms with Crippen molar-refractivity contribution in [1.29, 1.82) is 0 Å². The van der Waals surface area contributed by atoms with Crippen LogP contribution in [-0.2, 0) is 19.2 Å². The minimum Gasteiger partial charge on any atom is -1.00 e. The van der Waals surface area contributed by atoms with Gasteiger partial charge >= 0.3 is 30.4 Å². The van der Waals surface area contributed by atoms with Crippen LogP contribution in [0.25, 0.3) is 0 Å². The molecule has 6 aromatic carbocycles. The van der Waals surface area contributed by atoms with E-state index in [4.69, 9.17) is 16.1 Å². The van der Waals surface area contributed by atoms with Crippen molar-refractivity contribution in [2.24, 2.45) is 0 Å². The molecule has 0 amide bonds. The maximum absolute atomic E-state index is 14.9. The van der Waals surface area contributed by atoms with Gasteiger partial charge in [0, 0.05) is 27.2 Å². The number of hydrogen-bond acceptors (Lipinski definition) is 5. The normalized spacial score (nSPS) is 13.4. The van der Waals surface area contributed by atoms with Crippen LogP contribution in [0.4, 0.5) is 0 Å². The molecule has 0 heterocycles. The summed E-state index contributed by atoms with van der Waals surface area (Å²) in [7, 11) is -9.99. The van der Waals surface area contributed by atoms with E-state index in [1.54, 1.807) is 61.5 Å². The van der Waals surface area contributed by atoms with Crippen molar-refractivity contribution in [3.8, 4) is 5.75 Å². The molecule has 3 atom stereocenters. The predicted molar refractivity (Wildman–Crippen MR) is 248 cm³/mol. The van der Waals surface area contributed by atoms with E-state index >= 15 is 0 Å². The fourth-order valence-electron chi connectivity index (χ4n) is 7.34. The zero-order chi connectivity index (χ0) is 41.0. The summed E-state index contributed by atoms with van der Waals surface area (Å²) < 4.78 is 63.6. The van der Waals surface area contributed by atoms with Gasteiger partial charge in [0.15, 0.2) is 0 Å². The molecule has 0 aliphatic carbocycles. The zero-order valence-electron chi connectivity index (χ0n) is 35.5. The molecule has 0 radical (unpaired) electrons. The van der Waals surface area contributed by atoms with Gasteiger partial charge in [-0.3, -0.25) is 4.57 Å². The Kier molecular flexibility index (Phi) is 19.0. The molecule has 0 aromatic heterocycles. The number of benzene rings is 6. The van der Waals surface area contributed by atoms with Crippen molar-refractivity contribution in [2.75, 3.05) is 6.66 Å². The molecule has 0 spiro atoms. The SMILES string of the molecule is Cc1cc(C)c([P@@](C)(=O)c2ccccc2)c(C)c1.Cc1ccc(S(=O)(=O)N[C@H](C)c2cc(Cl)ccc2O[P@](=O)(c2ccccc2)c2c(C)cc(C)cc2C)cc1.[CH3-].[Cl-].[Mg+2]. The van der Waals surface area contributed by atoms with Gasteiger partial charge in [0.25, 0.3) is 0 Å². The second-order valence-corrected chi connectivity index (χ2v) is 21.8. The van der Waals surface area contributed by atoms with Crippen LogP contribution in [0.5, 0.6) is 5.75 Å². The Morgan fingerprint density at radius 2 is 1.05 bits per heavy atom. The van der Waals surface area contributed by atoms with Gasteiger partial charge in [-0.2, -0.15) is 0 Å². The summed E-state index contributed by atoms with van der Waals surface area (Å²) in [6, 6.07) is 37.9. The number of hydrogen-bond donors (Lipinski definition) is 1. The van der Waals surface area contributed by atoms with Crippen LogP contribution in [0.2, 0.25) is 5.02 Å². The number of aryl methyl sites for hydroxylation is 7. The fourth-order valence-corrected chi connectivity index (χ4v) is 13.7. The Balaban J connectivity index is 0.000000483. The summed E-state index contributed by atoms with van der Waals surface area (Å²) in [5, 5.41) is 3.53. The van der Waals surface area contributed by atoms with E-state index in [1.807, 2.05) is 95.0 Å². The predicted octanol–water partition coefficient (Wildman–Crippen LogP) is 7.55. The fraction of sp³-hybridized carbons (Fsp3) is 0.213. The van der Waals surface area contributed by atoms with E-state index in [9.17, 15) is 17.5 Å². The molecule has 0 bridgehead atoms. The summed E-state index contributed by atoms with van der Waals surface area (Å²) in [4.78, 5) is 0.153. The quantitative estimate of drug-likeness (QED) is 0.0873. The monoisotopic (exact) mass is 899 g/mol. The minimum absolute atomic E-state index is 0. The van der Waals surface area contributed by atoms with Crippen LogP contribution < -0.4 is 42.9 Å². The number of halogens is 2. The first-order chi connectivity index (χ1) is 26.3. The van der Waals surface area contributed by atoms with Gasteiger partial charge < -0.3 is 28.9 Å². The topological polar surface area (TPSA) is 89.5 Å². The van der Waals surface area contributed by atoms with Gasteiger partial charge in [0.05, 0.1) is 15.5 Å². The molecule has 0 saturated carbocycles. The molecule has 12 heteroatoms. The summed E-state index contributed by atoms with van der Waals surface area (Å²) in [6.07, 6.45) is 0. The largest absolute Gasteiger partial charge is 2.00 e. The molecular weight excluding hydrogens is 848 g/mol. The van der Waals surface area contributed by atoms with Gasteiger partial charge in [0.2, 0.25) is 10.0 Å².